The van der Waals surface area contributed by atoms with Gasteiger partial charge in [-0.2, -0.15) is 0 Å². The number of sulfonamides is 1. The van der Waals surface area contributed by atoms with Gasteiger partial charge in [-0.1, -0.05) is 0 Å². The summed E-state index contributed by atoms with van der Waals surface area (Å²) in [4.78, 5) is 21.2. The first-order chi connectivity index (χ1) is 19.8. The van der Waals surface area contributed by atoms with Gasteiger partial charge in [0.15, 0.2) is 11.5 Å². The van der Waals surface area contributed by atoms with Gasteiger partial charge in [0, 0.05) is 44.5 Å². The van der Waals surface area contributed by atoms with E-state index >= 15 is 0 Å². The number of carbonyl (C=O) groups excluding carboxylic acids is 1. The van der Waals surface area contributed by atoms with E-state index in [1.165, 1.54) is 26.8 Å². The zero-order chi connectivity index (χ0) is 30.5. The number of benzene rings is 1. The molecule has 1 fully saturated rings. The van der Waals surface area contributed by atoms with Gasteiger partial charge in [0.1, 0.15) is 11.5 Å². The van der Waals surface area contributed by atoms with Gasteiger partial charge < -0.3 is 14.4 Å². The SMILES string of the molecule is CCOc1cncc(-c2cc(CN3CCN(c4ccc(C(=O)NS(=O)(=O)C(C)(C)C)nn4)CC3)cc(OC(C)C)c2)c1. The van der Waals surface area contributed by atoms with Gasteiger partial charge in [0.2, 0.25) is 10.0 Å². The molecule has 12 heteroatoms. The maximum atomic E-state index is 12.4. The number of hydrogen-bond donors (Lipinski definition) is 1. The Morgan fingerprint density at radius 3 is 2.31 bits per heavy atom. The van der Waals surface area contributed by atoms with E-state index in [0.717, 1.165) is 60.9 Å². The largest absolute Gasteiger partial charge is 0.492 e. The number of aromatic nitrogens is 3. The van der Waals surface area contributed by atoms with Crippen molar-refractivity contribution in [3.63, 3.8) is 0 Å². The van der Waals surface area contributed by atoms with Crippen LogP contribution in [0, 0.1) is 0 Å². The van der Waals surface area contributed by atoms with Crippen molar-refractivity contribution in [2.45, 2.75) is 58.9 Å². The lowest BCUT2D eigenvalue weighted by atomic mass is 10.0. The number of nitrogens with one attached hydrogen (secondary N) is 1. The minimum atomic E-state index is -3.84. The summed E-state index contributed by atoms with van der Waals surface area (Å²) in [6.07, 6.45) is 3.59. The van der Waals surface area contributed by atoms with E-state index in [9.17, 15) is 13.2 Å². The zero-order valence-corrected chi connectivity index (χ0v) is 25.9. The summed E-state index contributed by atoms with van der Waals surface area (Å²) in [6, 6.07) is 11.5. The van der Waals surface area contributed by atoms with Crippen molar-refractivity contribution in [2.24, 2.45) is 0 Å². The predicted octanol–water partition coefficient (Wildman–Crippen LogP) is 3.90. The fourth-order valence-corrected chi connectivity index (χ4v) is 5.07. The molecule has 226 valence electrons. The highest BCUT2D eigenvalue weighted by molar-refractivity contribution is 7.91. The van der Waals surface area contributed by atoms with Crippen LogP contribution in [0.15, 0.2) is 48.8 Å². The maximum Gasteiger partial charge on any atom is 0.285 e. The molecule has 0 saturated carbocycles. The second kappa shape index (κ2) is 13.0. The molecule has 2 aromatic heterocycles. The van der Waals surface area contributed by atoms with Crippen molar-refractivity contribution < 1.29 is 22.7 Å². The second-order valence-corrected chi connectivity index (χ2v) is 13.9. The van der Waals surface area contributed by atoms with E-state index in [-0.39, 0.29) is 11.8 Å². The molecule has 3 heterocycles. The lowest BCUT2D eigenvalue weighted by Gasteiger charge is -2.35. The van der Waals surface area contributed by atoms with Gasteiger partial charge in [-0.3, -0.25) is 14.7 Å². The third kappa shape index (κ3) is 7.95. The molecule has 0 aliphatic carbocycles. The number of ether oxygens (including phenoxy) is 2. The molecule has 0 unspecified atom stereocenters. The molecule has 1 aliphatic heterocycles. The van der Waals surface area contributed by atoms with E-state index in [1.807, 2.05) is 39.1 Å². The highest BCUT2D eigenvalue weighted by Crippen LogP contribution is 2.29. The fraction of sp³-hybridized carbons (Fsp3) is 0.467. The molecule has 1 saturated heterocycles. The molecule has 0 bridgehead atoms. The van der Waals surface area contributed by atoms with E-state index in [4.69, 9.17) is 9.47 Å². The fourth-order valence-electron chi connectivity index (χ4n) is 4.42. The summed E-state index contributed by atoms with van der Waals surface area (Å²) in [7, 11) is -3.84. The van der Waals surface area contributed by atoms with Gasteiger partial charge in [-0.25, -0.2) is 13.1 Å². The van der Waals surface area contributed by atoms with Crippen LogP contribution in [-0.4, -0.2) is 78.0 Å². The number of hydrogen-bond acceptors (Lipinski definition) is 10. The minimum Gasteiger partial charge on any atom is -0.492 e. The first-order valence-corrected chi connectivity index (χ1v) is 15.6. The van der Waals surface area contributed by atoms with Crippen molar-refractivity contribution in [3.05, 3.63) is 60.0 Å². The van der Waals surface area contributed by atoms with Crippen LogP contribution in [0.5, 0.6) is 11.5 Å². The number of piperazine rings is 1. The zero-order valence-electron chi connectivity index (χ0n) is 25.1. The van der Waals surface area contributed by atoms with Crippen molar-refractivity contribution in [3.8, 4) is 22.6 Å². The van der Waals surface area contributed by atoms with Crippen molar-refractivity contribution in [1.82, 2.24) is 24.8 Å². The summed E-state index contributed by atoms with van der Waals surface area (Å²) in [6.45, 7) is 14.9. The number of amides is 1. The number of nitrogens with zero attached hydrogens (tertiary/aromatic N) is 5. The minimum absolute atomic E-state index is 0.0472. The molecule has 0 radical (unpaired) electrons. The van der Waals surface area contributed by atoms with Gasteiger partial charge in [0.25, 0.3) is 5.91 Å². The summed E-state index contributed by atoms with van der Waals surface area (Å²) >= 11 is 0. The first-order valence-electron chi connectivity index (χ1n) is 14.1. The average molecular weight is 597 g/mol. The lowest BCUT2D eigenvalue weighted by molar-refractivity contribution is 0.0974. The van der Waals surface area contributed by atoms with Crippen molar-refractivity contribution >= 4 is 21.7 Å². The Bertz CT molecular complexity index is 1480. The average Bonchev–Trinajstić information content (AvgIpc) is 2.92. The number of carbonyl (C=O) groups is 1. The molecular weight excluding hydrogens is 556 g/mol. The van der Waals surface area contributed by atoms with E-state index < -0.39 is 20.7 Å². The van der Waals surface area contributed by atoms with Crippen LogP contribution in [0.4, 0.5) is 5.82 Å². The van der Waals surface area contributed by atoms with Gasteiger partial charge in [0.05, 0.1) is 23.7 Å². The molecule has 0 atom stereocenters. The molecule has 42 heavy (non-hydrogen) atoms. The van der Waals surface area contributed by atoms with E-state index in [1.54, 1.807) is 12.3 Å². The van der Waals surface area contributed by atoms with Crippen LogP contribution in [0.3, 0.4) is 0 Å². The normalized spacial score (nSPS) is 14.6. The van der Waals surface area contributed by atoms with Crippen molar-refractivity contribution in [1.29, 1.82) is 0 Å². The number of rotatable bonds is 10. The molecule has 1 N–H and O–H groups in total. The van der Waals surface area contributed by atoms with Gasteiger partial charge >= 0.3 is 0 Å². The summed E-state index contributed by atoms with van der Waals surface area (Å²) in [5.41, 5.74) is 3.07. The topological polar surface area (TPSA) is 127 Å². The molecule has 1 aliphatic rings. The van der Waals surface area contributed by atoms with Crippen molar-refractivity contribution in [2.75, 3.05) is 37.7 Å². The highest BCUT2D eigenvalue weighted by atomic mass is 32.2. The Labute approximate surface area is 248 Å². The number of anilines is 1. The molecule has 3 aromatic rings. The smallest absolute Gasteiger partial charge is 0.285 e. The monoisotopic (exact) mass is 596 g/mol. The molecular formula is C30H40N6O5S. The third-order valence-electron chi connectivity index (χ3n) is 6.71. The van der Waals surface area contributed by atoms with Crippen LogP contribution in [-0.2, 0) is 16.6 Å². The summed E-state index contributed by atoms with van der Waals surface area (Å²) in [5.74, 6) is 1.39. The van der Waals surface area contributed by atoms with Crippen LogP contribution in [0.1, 0.15) is 57.6 Å². The molecule has 4 rings (SSSR count). The van der Waals surface area contributed by atoms with E-state index in [2.05, 4.69) is 41.8 Å². The highest BCUT2D eigenvalue weighted by Gasteiger charge is 2.31. The molecule has 0 spiro atoms. The number of pyridine rings is 1. The van der Waals surface area contributed by atoms with Crippen LogP contribution >= 0.6 is 0 Å². The van der Waals surface area contributed by atoms with Crippen LogP contribution < -0.4 is 19.1 Å². The molecule has 1 amide bonds. The maximum absolute atomic E-state index is 12.4. The van der Waals surface area contributed by atoms with Gasteiger partial charge in [-0.05, 0) is 89.1 Å². The van der Waals surface area contributed by atoms with E-state index in [0.29, 0.717) is 12.4 Å². The molecule has 11 nitrogen and oxygen atoms in total. The van der Waals surface area contributed by atoms with Crippen LogP contribution in [0.2, 0.25) is 0 Å². The Morgan fingerprint density at radius 2 is 1.69 bits per heavy atom. The Balaban J connectivity index is 1.41. The standard InChI is InChI=1S/C30H40N6O5S/c1-7-40-26-17-24(18-31-19-26)23-14-22(15-25(16-23)41-21(2)3)20-35-10-12-36(13-11-35)28-9-8-27(32-33-28)29(37)34-42(38,39)30(4,5)6/h8-9,14-19,21H,7,10-13,20H2,1-6H3,(H,34,37). The molecule has 1 aromatic carbocycles. The Morgan fingerprint density at radius 1 is 0.976 bits per heavy atom. The summed E-state index contributed by atoms with van der Waals surface area (Å²) in [5, 5.41) is 8.18. The van der Waals surface area contributed by atoms with Crippen LogP contribution in [0.25, 0.3) is 11.1 Å². The predicted molar refractivity (Wildman–Crippen MR) is 162 cm³/mol. The third-order valence-corrected chi connectivity index (χ3v) is 8.78. The quantitative estimate of drug-likeness (QED) is 0.368. The summed E-state index contributed by atoms with van der Waals surface area (Å²) < 4.78 is 37.3. The van der Waals surface area contributed by atoms with Gasteiger partial charge in [-0.15, -0.1) is 10.2 Å². The Hall–Kier alpha value is -3.77. The lowest BCUT2D eigenvalue weighted by Crippen LogP contribution is -2.46. The second-order valence-electron chi connectivity index (χ2n) is 11.5. The Kier molecular flexibility index (Phi) is 9.67. The first kappa shape index (κ1) is 31.2.